The average Bonchev–Trinajstić information content (AvgIpc) is 2.94. The molecule has 2 aromatic rings. The molecule has 0 bridgehead atoms. The molecule has 108 valence electrons. The molecular formula is C14H17F2N3O. The van der Waals surface area contributed by atoms with Gasteiger partial charge >= 0.3 is 0 Å². The van der Waals surface area contributed by atoms with E-state index in [2.05, 4.69) is 10.3 Å². The first-order chi connectivity index (χ1) is 9.66. The Kier molecular flexibility index (Phi) is 5.20. The summed E-state index contributed by atoms with van der Waals surface area (Å²) in [4.78, 5) is 3.93. The molecule has 1 aromatic carbocycles. The van der Waals surface area contributed by atoms with Crippen LogP contribution in [0.4, 0.5) is 8.78 Å². The van der Waals surface area contributed by atoms with E-state index >= 15 is 0 Å². The van der Waals surface area contributed by atoms with Gasteiger partial charge in [-0.25, -0.2) is 13.8 Å². The normalized spacial score (nSPS) is 12.6. The lowest BCUT2D eigenvalue weighted by molar-refractivity contribution is 0.169. The maximum atomic E-state index is 13.4. The van der Waals surface area contributed by atoms with Crippen molar-refractivity contribution in [1.29, 1.82) is 0 Å². The van der Waals surface area contributed by atoms with Gasteiger partial charge in [-0.05, 0) is 31.2 Å². The number of aryl methyl sites for hydroxylation is 1. The molecule has 0 aliphatic heterocycles. The van der Waals surface area contributed by atoms with E-state index in [9.17, 15) is 13.9 Å². The van der Waals surface area contributed by atoms with Gasteiger partial charge in [0.25, 0.3) is 0 Å². The Balaban J connectivity index is 1.72. The molecule has 0 saturated heterocycles. The second-order valence-corrected chi connectivity index (χ2v) is 4.54. The predicted octanol–water partition coefficient (Wildman–Crippen LogP) is 1.87. The molecule has 1 heterocycles. The lowest BCUT2D eigenvalue weighted by atomic mass is 10.1. The number of rotatable bonds is 7. The minimum Gasteiger partial charge on any atom is -0.387 e. The van der Waals surface area contributed by atoms with Crippen molar-refractivity contribution in [3.05, 3.63) is 54.1 Å². The van der Waals surface area contributed by atoms with Crippen LogP contribution in [0.3, 0.4) is 0 Å². The van der Waals surface area contributed by atoms with Crippen LogP contribution in [0.15, 0.2) is 36.9 Å². The van der Waals surface area contributed by atoms with Gasteiger partial charge in [0.1, 0.15) is 11.6 Å². The summed E-state index contributed by atoms with van der Waals surface area (Å²) in [5.41, 5.74) is -0.0212. The molecule has 1 aromatic heterocycles. The van der Waals surface area contributed by atoms with E-state index in [0.29, 0.717) is 6.54 Å². The van der Waals surface area contributed by atoms with E-state index in [-0.39, 0.29) is 12.1 Å². The number of aliphatic hydroxyl groups is 1. The smallest absolute Gasteiger partial charge is 0.129 e. The summed E-state index contributed by atoms with van der Waals surface area (Å²) in [5.74, 6) is -1.15. The molecule has 20 heavy (non-hydrogen) atoms. The van der Waals surface area contributed by atoms with Crippen LogP contribution in [-0.4, -0.2) is 27.7 Å². The van der Waals surface area contributed by atoms with Crippen LogP contribution in [0, 0.1) is 11.6 Å². The van der Waals surface area contributed by atoms with Gasteiger partial charge in [0.15, 0.2) is 0 Å². The van der Waals surface area contributed by atoms with E-state index in [1.54, 1.807) is 12.5 Å². The van der Waals surface area contributed by atoms with Gasteiger partial charge in [0.05, 0.1) is 12.4 Å². The van der Waals surface area contributed by atoms with E-state index in [1.807, 2.05) is 10.8 Å². The molecule has 0 radical (unpaired) electrons. The minimum atomic E-state index is -1.06. The van der Waals surface area contributed by atoms with Crippen molar-refractivity contribution in [2.45, 2.75) is 19.1 Å². The van der Waals surface area contributed by atoms with Crippen molar-refractivity contribution in [3.8, 4) is 0 Å². The van der Waals surface area contributed by atoms with Crippen molar-refractivity contribution in [3.63, 3.8) is 0 Å². The third kappa shape index (κ3) is 4.11. The Bertz CT molecular complexity index is 531. The Morgan fingerprint density at radius 3 is 2.95 bits per heavy atom. The molecule has 1 unspecified atom stereocenters. The maximum Gasteiger partial charge on any atom is 0.129 e. The summed E-state index contributed by atoms with van der Waals surface area (Å²) in [6.45, 7) is 1.67. The highest BCUT2D eigenvalue weighted by Gasteiger charge is 2.13. The number of imidazole rings is 1. The topological polar surface area (TPSA) is 50.1 Å². The quantitative estimate of drug-likeness (QED) is 0.762. The second-order valence-electron chi connectivity index (χ2n) is 4.54. The Morgan fingerprint density at radius 1 is 1.35 bits per heavy atom. The van der Waals surface area contributed by atoms with Crippen molar-refractivity contribution in [2.24, 2.45) is 0 Å². The molecule has 0 spiro atoms. The largest absolute Gasteiger partial charge is 0.387 e. The van der Waals surface area contributed by atoms with Gasteiger partial charge in [0, 0.05) is 31.0 Å². The molecule has 0 aliphatic carbocycles. The van der Waals surface area contributed by atoms with E-state index < -0.39 is 17.7 Å². The zero-order valence-electron chi connectivity index (χ0n) is 11.0. The fraction of sp³-hybridized carbons (Fsp3) is 0.357. The average molecular weight is 281 g/mol. The molecule has 1 atom stereocenters. The molecule has 6 heteroatoms. The molecule has 2 rings (SSSR count). The number of hydrogen-bond donors (Lipinski definition) is 2. The first kappa shape index (κ1) is 14.6. The number of aromatic nitrogens is 2. The second kappa shape index (κ2) is 7.12. The predicted molar refractivity (Wildman–Crippen MR) is 71.0 cm³/mol. The fourth-order valence-electron chi connectivity index (χ4n) is 1.92. The molecule has 2 N–H and O–H groups in total. The monoisotopic (exact) mass is 281 g/mol. The van der Waals surface area contributed by atoms with Crippen LogP contribution in [0.1, 0.15) is 18.1 Å². The van der Waals surface area contributed by atoms with Gasteiger partial charge in [-0.15, -0.1) is 0 Å². The molecular weight excluding hydrogens is 264 g/mol. The number of aliphatic hydroxyl groups excluding tert-OH is 1. The zero-order valence-corrected chi connectivity index (χ0v) is 11.0. The summed E-state index contributed by atoms with van der Waals surface area (Å²) in [7, 11) is 0. The Labute approximate surface area is 116 Å². The third-order valence-corrected chi connectivity index (χ3v) is 2.98. The Morgan fingerprint density at radius 2 is 2.20 bits per heavy atom. The van der Waals surface area contributed by atoms with Gasteiger partial charge in [-0.2, -0.15) is 0 Å². The van der Waals surface area contributed by atoms with Gasteiger partial charge < -0.3 is 15.0 Å². The van der Waals surface area contributed by atoms with Crippen LogP contribution in [0.2, 0.25) is 0 Å². The van der Waals surface area contributed by atoms with Crippen molar-refractivity contribution >= 4 is 0 Å². The van der Waals surface area contributed by atoms with Gasteiger partial charge in [0.2, 0.25) is 0 Å². The van der Waals surface area contributed by atoms with E-state index in [4.69, 9.17) is 0 Å². The summed E-state index contributed by atoms with van der Waals surface area (Å²) in [6, 6.07) is 3.07. The molecule has 0 fully saturated rings. The third-order valence-electron chi connectivity index (χ3n) is 2.98. The van der Waals surface area contributed by atoms with Crippen LogP contribution >= 0.6 is 0 Å². The van der Waals surface area contributed by atoms with Crippen molar-refractivity contribution in [2.75, 3.05) is 13.1 Å². The summed E-state index contributed by atoms with van der Waals surface area (Å²) in [5, 5.41) is 12.8. The van der Waals surface area contributed by atoms with E-state index in [1.165, 1.54) is 0 Å². The molecule has 0 saturated carbocycles. The zero-order chi connectivity index (χ0) is 14.4. The maximum absolute atomic E-state index is 13.4. The standard InChI is InChI=1S/C14H17F2N3O/c15-11-2-3-13(16)12(8-11)14(20)9-17-4-1-6-19-7-5-18-10-19/h2-3,5,7-8,10,14,17,20H,1,4,6,9H2. The molecule has 4 nitrogen and oxygen atoms in total. The van der Waals surface area contributed by atoms with Gasteiger partial charge in [-0.1, -0.05) is 0 Å². The van der Waals surface area contributed by atoms with Gasteiger partial charge in [-0.3, -0.25) is 0 Å². The lowest BCUT2D eigenvalue weighted by Gasteiger charge is -2.13. The number of benzene rings is 1. The highest BCUT2D eigenvalue weighted by Crippen LogP contribution is 2.17. The van der Waals surface area contributed by atoms with E-state index in [0.717, 1.165) is 31.2 Å². The van der Waals surface area contributed by atoms with Crippen LogP contribution in [0.5, 0.6) is 0 Å². The lowest BCUT2D eigenvalue weighted by Crippen LogP contribution is -2.24. The van der Waals surface area contributed by atoms with Crippen molar-refractivity contribution in [1.82, 2.24) is 14.9 Å². The summed E-state index contributed by atoms with van der Waals surface area (Å²) < 4.78 is 28.4. The number of hydrogen-bond acceptors (Lipinski definition) is 3. The SMILES string of the molecule is OC(CNCCCn1ccnc1)c1cc(F)ccc1F. The first-order valence-corrected chi connectivity index (χ1v) is 6.46. The first-order valence-electron chi connectivity index (χ1n) is 6.46. The molecule has 0 amide bonds. The van der Waals surface area contributed by atoms with Crippen LogP contribution < -0.4 is 5.32 Å². The van der Waals surface area contributed by atoms with Crippen LogP contribution in [-0.2, 0) is 6.54 Å². The van der Waals surface area contributed by atoms with Crippen LogP contribution in [0.25, 0.3) is 0 Å². The Hall–Kier alpha value is -1.79. The molecule has 0 aliphatic rings. The number of nitrogens with one attached hydrogen (secondary N) is 1. The fourth-order valence-corrected chi connectivity index (χ4v) is 1.92. The van der Waals surface area contributed by atoms with Crippen molar-refractivity contribution < 1.29 is 13.9 Å². The minimum absolute atomic E-state index is 0.0212. The highest BCUT2D eigenvalue weighted by atomic mass is 19.1. The number of halogens is 2. The summed E-state index contributed by atoms with van der Waals surface area (Å²) >= 11 is 0. The number of nitrogens with zero attached hydrogens (tertiary/aromatic N) is 2. The summed E-state index contributed by atoms with van der Waals surface area (Å²) in [6.07, 6.45) is 5.12. The highest BCUT2D eigenvalue weighted by molar-refractivity contribution is 5.21.